The average molecular weight is 227 g/mol. The molecule has 3 N–H and O–H groups in total. The molecule has 0 aromatic heterocycles. The summed E-state index contributed by atoms with van der Waals surface area (Å²) in [7, 11) is 0. The SMILES string of the molecule is CCC[C@@H](N)C(=O)Nc1ccccc1Cl. The lowest BCUT2D eigenvalue weighted by molar-refractivity contribution is -0.117. The molecule has 1 aromatic carbocycles. The lowest BCUT2D eigenvalue weighted by Gasteiger charge is -2.11. The fraction of sp³-hybridized carbons (Fsp3) is 0.364. The van der Waals surface area contributed by atoms with Gasteiger partial charge in [0.05, 0.1) is 16.8 Å². The van der Waals surface area contributed by atoms with Crippen LogP contribution in [0.5, 0.6) is 0 Å². The third kappa shape index (κ3) is 3.53. The van der Waals surface area contributed by atoms with Gasteiger partial charge in [0, 0.05) is 0 Å². The van der Waals surface area contributed by atoms with Gasteiger partial charge >= 0.3 is 0 Å². The highest BCUT2D eigenvalue weighted by molar-refractivity contribution is 6.33. The summed E-state index contributed by atoms with van der Waals surface area (Å²) in [5.74, 6) is -0.190. The highest BCUT2D eigenvalue weighted by Gasteiger charge is 2.13. The number of para-hydroxylation sites is 1. The van der Waals surface area contributed by atoms with Crippen LogP contribution in [-0.2, 0) is 4.79 Å². The van der Waals surface area contributed by atoms with Gasteiger partial charge in [0.1, 0.15) is 0 Å². The van der Waals surface area contributed by atoms with Gasteiger partial charge in [-0.1, -0.05) is 37.1 Å². The predicted molar refractivity (Wildman–Crippen MR) is 63.0 cm³/mol. The molecule has 4 heteroatoms. The summed E-state index contributed by atoms with van der Waals surface area (Å²) in [6, 6.07) is 6.63. The van der Waals surface area contributed by atoms with Gasteiger partial charge in [-0.3, -0.25) is 4.79 Å². The van der Waals surface area contributed by atoms with Crippen molar-refractivity contribution in [2.45, 2.75) is 25.8 Å². The van der Waals surface area contributed by atoms with E-state index in [1.165, 1.54) is 0 Å². The van der Waals surface area contributed by atoms with E-state index >= 15 is 0 Å². The minimum atomic E-state index is -0.466. The van der Waals surface area contributed by atoms with Crippen LogP contribution in [0.2, 0.25) is 5.02 Å². The monoisotopic (exact) mass is 226 g/mol. The Hall–Kier alpha value is -1.06. The number of amides is 1. The van der Waals surface area contributed by atoms with E-state index in [0.717, 1.165) is 6.42 Å². The highest BCUT2D eigenvalue weighted by Crippen LogP contribution is 2.20. The standard InChI is InChI=1S/C11H15ClN2O/c1-2-5-9(13)11(15)14-10-7-4-3-6-8(10)12/h3-4,6-7,9H,2,5,13H2,1H3,(H,14,15)/t9-/m1/s1. The Morgan fingerprint density at radius 2 is 2.20 bits per heavy atom. The highest BCUT2D eigenvalue weighted by atomic mass is 35.5. The van der Waals surface area contributed by atoms with Crippen molar-refractivity contribution >= 4 is 23.2 Å². The second-order valence-electron chi connectivity index (χ2n) is 3.36. The molecule has 0 saturated heterocycles. The van der Waals surface area contributed by atoms with E-state index in [1.807, 2.05) is 19.1 Å². The molecule has 0 aliphatic heterocycles. The molecule has 82 valence electrons. The van der Waals surface area contributed by atoms with Crippen LogP contribution >= 0.6 is 11.6 Å². The molecule has 0 unspecified atom stereocenters. The Morgan fingerprint density at radius 3 is 2.80 bits per heavy atom. The van der Waals surface area contributed by atoms with E-state index in [1.54, 1.807) is 12.1 Å². The van der Waals surface area contributed by atoms with Crippen LogP contribution in [0, 0.1) is 0 Å². The zero-order valence-corrected chi connectivity index (χ0v) is 9.42. The van der Waals surface area contributed by atoms with E-state index in [4.69, 9.17) is 17.3 Å². The molecule has 0 spiro atoms. The van der Waals surface area contributed by atoms with Crippen molar-refractivity contribution in [1.82, 2.24) is 0 Å². The predicted octanol–water partition coefficient (Wildman–Crippen LogP) is 2.41. The lowest BCUT2D eigenvalue weighted by atomic mass is 10.1. The maximum absolute atomic E-state index is 11.6. The van der Waals surface area contributed by atoms with E-state index in [-0.39, 0.29) is 5.91 Å². The van der Waals surface area contributed by atoms with Crippen LogP contribution in [0.25, 0.3) is 0 Å². The quantitative estimate of drug-likeness (QED) is 0.829. The summed E-state index contributed by atoms with van der Waals surface area (Å²) in [6.45, 7) is 1.99. The topological polar surface area (TPSA) is 55.1 Å². The van der Waals surface area contributed by atoms with Gasteiger partial charge in [-0.05, 0) is 18.6 Å². The minimum absolute atomic E-state index is 0.190. The van der Waals surface area contributed by atoms with Crippen molar-refractivity contribution < 1.29 is 4.79 Å². The molecule has 3 nitrogen and oxygen atoms in total. The van der Waals surface area contributed by atoms with Crippen LogP contribution in [-0.4, -0.2) is 11.9 Å². The smallest absolute Gasteiger partial charge is 0.241 e. The van der Waals surface area contributed by atoms with Crippen LogP contribution in [0.15, 0.2) is 24.3 Å². The zero-order valence-electron chi connectivity index (χ0n) is 8.66. The third-order valence-electron chi connectivity index (χ3n) is 2.07. The number of hydrogen-bond donors (Lipinski definition) is 2. The van der Waals surface area contributed by atoms with Gasteiger partial charge in [-0.15, -0.1) is 0 Å². The second-order valence-corrected chi connectivity index (χ2v) is 3.77. The minimum Gasteiger partial charge on any atom is -0.323 e. The first-order valence-corrected chi connectivity index (χ1v) is 5.34. The van der Waals surface area contributed by atoms with Crippen LogP contribution in [0.3, 0.4) is 0 Å². The fourth-order valence-electron chi connectivity index (χ4n) is 1.23. The van der Waals surface area contributed by atoms with E-state index < -0.39 is 6.04 Å². The molecular weight excluding hydrogens is 212 g/mol. The molecule has 1 atom stereocenters. The molecule has 0 radical (unpaired) electrons. The number of carbonyl (C=O) groups is 1. The number of rotatable bonds is 4. The first-order chi connectivity index (χ1) is 7.15. The van der Waals surface area contributed by atoms with Gasteiger partial charge in [-0.2, -0.15) is 0 Å². The Labute approximate surface area is 94.6 Å². The second kappa shape index (κ2) is 5.73. The summed E-state index contributed by atoms with van der Waals surface area (Å²) in [6.07, 6.45) is 1.56. The van der Waals surface area contributed by atoms with Gasteiger partial charge in [0.2, 0.25) is 5.91 Å². The molecule has 1 rings (SSSR count). The van der Waals surface area contributed by atoms with E-state index in [2.05, 4.69) is 5.32 Å². The summed E-state index contributed by atoms with van der Waals surface area (Å²) < 4.78 is 0. The Bertz CT molecular complexity index is 341. The lowest BCUT2D eigenvalue weighted by Crippen LogP contribution is -2.35. The molecule has 0 heterocycles. The summed E-state index contributed by atoms with van der Waals surface area (Å²) in [5, 5.41) is 3.22. The molecule has 0 saturated carbocycles. The van der Waals surface area contributed by atoms with Crippen LogP contribution in [0.4, 0.5) is 5.69 Å². The van der Waals surface area contributed by atoms with Gasteiger partial charge < -0.3 is 11.1 Å². The summed E-state index contributed by atoms with van der Waals surface area (Å²) >= 11 is 5.89. The molecule has 0 aliphatic rings. The van der Waals surface area contributed by atoms with Gasteiger partial charge in [0.15, 0.2) is 0 Å². The van der Waals surface area contributed by atoms with Crippen molar-refractivity contribution in [3.8, 4) is 0 Å². The van der Waals surface area contributed by atoms with Crippen molar-refractivity contribution in [2.75, 3.05) is 5.32 Å². The number of nitrogens with one attached hydrogen (secondary N) is 1. The maximum Gasteiger partial charge on any atom is 0.241 e. The number of hydrogen-bond acceptors (Lipinski definition) is 2. The number of carbonyl (C=O) groups excluding carboxylic acids is 1. The van der Waals surface area contributed by atoms with Crippen molar-refractivity contribution in [1.29, 1.82) is 0 Å². The van der Waals surface area contributed by atoms with Gasteiger partial charge in [-0.25, -0.2) is 0 Å². The normalized spacial score (nSPS) is 12.2. The molecule has 0 aliphatic carbocycles. The zero-order chi connectivity index (χ0) is 11.3. The first-order valence-electron chi connectivity index (χ1n) is 4.96. The molecule has 0 bridgehead atoms. The molecule has 0 fully saturated rings. The fourth-order valence-corrected chi connectivity index (χ4v) is 1.41. The average Bonchev–Trinajstić information content (AvgIpc) is 2.21. The van der Waals surface area contributed by atoms with Crippen LogP contribution < -0.4 is 11.1 Å². The Kier molecular flexibility index (Phi) is 4.59. The first kappa shape index (κ1) is 12.0. The number of nitrogens with two attached hydrogens (primary N) is 1. The molecule has 1 amide bonds. The number of benzene rings is 1. The summed E-state index contributed by atoms with van der Waals surface area (Å²) in [5.41, 5.74) is 6.28. The molecule has 15 heavy (non-hydrogen) atoms. The number of halogens is 1. The third-order valence-corrected chi connectivity index (χ3v) is 2.40. The van der Waals surface area contributed by atoms with Gasteiger partial charge in [0.25, 0.3) is 0 Å². The molecule has 1 aromatic rings. The number of anilines is 1. The Balaban J connectivity index is 2.62. The van der Waals surface area contributed by atoms with Crippen molar-refractivity contribution in [2.24, 2.45) is 5.73 Å². The van der Waals surface area contributed by atoms with E-state index in [9.17, 15) is 4.79 Å². The summed E-state index contributed by atoms with van der Waals surface area (Å²) in [4.78, 5) is 11.6. The maximum atomic E-state index is 11.6. The van der Waals surface area contributed by atoms with Crippen LogP contribution in [0.1, 0.15) is 19.8 Å². The Morgan fingerprint density at radius 1 is 1.53 bits per heavy atom. The van der Waals surface area contributed by atoms with Crippen molar-refractivity contribution in [3.05, 3.63) is 29.3 Å². The van der Waals surface area contributed by atoms with E-state index in [0.29, 0.717) is 17.1 Å². The molecular formula is C11H15ClN2O. The van der Waals surface area contributed by atoms with Crippen molar-refractivity contribution in [3.63, 3.8) is 0 Å². The largest absolute Gasteiger partial charge is 0.323 e.